The molecule has 82 valence electrons. The van der Waals surface area contributed by atoms with E-state index in [1.165, 1.54) is 23.5 Å². The van der Waals surface area contributed by atoms with E-state index in [4.69, 9.17) is 5.26 Å². The minimum absolute atomic E-state index is 0.0629. The number of hydrogen-bond acceptors (Lipinski definition) is 5. The van der Waals surface area contributed by atoms with Crippen LogP contribution in [0.5, 0.6) is 0 Å². The lowest BCUT2D eigenvalue weighted by Crippen LogP contribution is -2.31. The summed E-state index contributed by atoms with van der Waals surface area (Å²) in [5, 5.41) is 13.6. The number of hydrogen-bond donors (Lipinski definition) is 1. The van der Waals surface area contributed by atoms with Crippen LogP contribution in [0.1, 0.15) is 10.3 Å². The van der Waals surface area contributed by atoms with Crippen LogP contribution >= 0.6 is 34.9 Å². The number of thioether (sulfide) groups is 2. The Labute approximate surface area is 106 Å². The van der Waals surface area contributed by atoms with Gasteiger partial charge in [0.25, 0.3) is 5.91 Å². The van der Waals surface area contributed by atoms with Crippen LogP contribution in [0.2, 0.25) is 0 Å². The smallest absolute Gasteiger partial charge is 0.264 e. The van der Waals surface area contributed by atoms with Crippen molar-refractivity contribution < 1.29 is 4.79 Å². The van der Waals surface area contributed by atoms with E-state index in [1.807, 2.05) is 29.8 Å². The molecular weight excluding hydrogens is 260 g/mol. The van der Waals surface area contributed by atoms with Crippen molar-refractivity contribution in [2.75, 3.05) is 6.26 Å². The van der Waals surface area contributed by atoms with Gasteiger partial charge in [0.15, 0.2) is 0 Å². The monoisotopic (exact) mass is 268 g/mol. The highest BCUT2D eigenvalue weighted by Crippen LogP contribution is 2.43. The molecule has 6 heteroatoms. The standard InChI is InChI=1S/C10H8N2OS3/c1-14-10-6(5-11)8(13)12-9(16-10)7-3-2-4-15-7/h2-4,9H,1H3,(H,12,13)/t9-/m0/s1. The number of nitrogens with one attached hydrogen (secondary N) is 1. The Morgan fingerprint density at radius 3 is 3.00 bits per heavy atom. The van der Waals surface area contributed by atoms with Gasteiger partial charge < -0.3 is 5.32 Å². The van der Waals surface area contributed by atoms with Crippen LogP contribution in [0.3, 0.4) is 0 Å². The summed E-state index contributed by atoms with van der Waals surface area (Å²) in [6.07, 6.45) is 1.88. The molecule has 0 fully saturated rings. The molecule has 2 rings (SSSR count). The normalized spacial score (nSPS) is 20.5. The highest BCUT2D eigenvalue weighted by Gasteiger charge is 2.28. The van der Waals surface area contributed by atoms with Crippen LogP contribution in [-0.4, -0.2) is 12.2 Å². The Hall–Kier alpha value is -0.900. The van der Waals surface area contributed by atoms with E-state index in [9.17, 15) is 4.79 Å². The fraction of sp³-hybridized carbons (Fsp3) is 0.200. The molecule has 0 aromatic carbocycles. The number of rotatable bonds is 2. The van der Waals surface area contributed by atoms with Gasteiger partial charge in [-0.3, -0.25) is 4.79 Å². The van der Waals surface area contributed by atoms with Gasteiger partial charge in [0, 0.05) is 4.88 Å². The molecule has 1 aromatic heterocycles. The number of nitrogens with zero attached hydrogens (tertiary/aromatic N) is 1. The Morgan fingerprint density at radius 1 is 1.62 bits per heavy atom. The van der Waals surface area contributed by atoms with Gasteiger partial charge in [0.1, 0.15) is 17.0 Å². The number of nitriles is 1. The summed E-state index contributed by atoms with van der Waals surface area (Å²) >= 11 is 4.57. The van der Waals surface area contributed by atoms with Gasteiger partial charge >= 0.3 is 0 Å². The third-order valence-electron chi connectivity index (χ3n) is 2.02. The van der Waals surface area contributed by atoms with Crippen molar-refractivity contribution in [2.45, 2.75) is 5.37 Å². The molecule has 1 amide bonds. The van der Waals surface area contributed by atoms with Gasteiger partial charge in [-0.1, -0.05) is 17.8 Å². The molecule has 0 saturated carbocycles. The average Bonchev–Trinajstić information content (AvgIpc) is 2.81. The highest BCUT2D eigenvalue weighted by molar-refractivity contribution is 8.22. The topological polar surface area (TPSA) is 52.9 Å². The predicted octanol–water partition coefficient (Wildman–Crippen LogP) is 2.71. The maximum atomic E-state index is 11.7. The number of carbonyl (C=O) groups is 1. The van der Waals surface area contributed by atoms with Crippen LogP contribution in [0.4, 0.5) is 0 Å². The summed E-state index contributed by atoms with van der Waals surface area (Å²) in [5.74, 6) is -0.274. The van der Waals surface area contributed by atoms with Gasteiger partial charge in [-0.25, -0.2) is 0 Å². The SMILES string of the molecule is CSC1=C(C#N)C(=O)N[C@H](c2cccs2)S1. The Morgan fingerprint density at radius 2 is 2.44 bits per heavy atom. The zero-order valence-corrected chi connectivity index (χ0v) is 10.8. The lowest BCUT2D eigenvalue weighted by Gasteiger charge is -2.23. The molecule has 0 saturated heterocycles. The van der Waals surface area contributed by atoms with E-state index in [1.54, 1.807) is 11.3 Å². The maximum absolute atomic E-state index is 11.7. The molecule has 1 N–H and O–H groups in total. The molecule has 1 atom stereocenters. The molecule has 0 radical (unpaired) electrons. The van der Waals surface area contributed by atoms with E-state index in [0.29, 0.717) is 0 Å². The van der Waals surface area contributed by atoms with Crippen LogP contribution < -0.4 is 5.32 Å². The fourth-order valence-corrected chi connectivity index (χ4v) is 4.11. The summed E-state index contributed by atoms with van der Waals surface area (Å²) in [4.78, 5) is 12.8. The van der Waals surface area contributed by atoms with Crippen molar-refractivity contribution in [3.8, 4) is 6.07 Å². The van der Waals surface area contributed by atoms with E-state index in [0.717, 1.165) is 9.11 Å². The lowest BCUT2D eigenvalue weighted by atomic mass is 10.3. The third-order valence-corrected chi connectivity index (χ3v) is 5.49. The molecule has 16 heavy (non-hydrogen) atoms. The summed E-state index contributed by atoms with van der Waals surface area (Å²) in [7, 11) is 0. The second kappa shape index (κ2) is 4.95. The van der Waals surface area contributed by atoms with E-state index >= 15 is 0 Å². The molecule has 2 heterocycles. The first-order chi connectivity index (χ1) is 7.76. The summed E-state index contributed by atoms with van der Waals surface area (Å²) in [6, 6.07) is 5.89. The molecule has 1 aliphatic rings. The highest BCUT2D eigenvalue weighted by atomic mass is 32.2. The molecule has 1 aliphatic heterocycles. The van der Waals surface area contributed by atoms with Crippen LogP contribution in [0, 0.1) is 11.3 Å². The molecule has 0 aliphatic carbocycles. The first-order valence-electron chi connectivity index (χ1n) is 4.45. The van der Waals surface area contributed by atoms with Crippen molar-refractivity contribution in [3.05, 3.63) is 32.2 Å². The van der Waals surface area contributed by atoms with Crippen molar-refractivity contribution in [1.82, 2.24) is 5.32 Å². The lowest BCUT2D eigenvalue weighted by molar-refractivity contribution is -0.117. The van der Waals surface area contributed by atoms with E-state index < -0.39 is 0 Å². The van der Waals surface area contributed by atoms with Gasteiger partial charge in [0.05, 0.1) is 4.24 Å². The van der Waals surface area contributed by atoms with Crippen molar-refractivity contribution in [2.24, 2.45) is 0 Å². The minimum Gasteiger partial charge on any atom is -0.334 e. The van der Waals surface area contributed by atoms with Gasteiger partial charge in [-0.2, -0.15) is 5.26 Å². The van der Waals surface area contributed by atoms with Crippen molar-refractivity contribution >= 4 is 40.8 Å². The zero-order valence-electron chi connectivity index (χ0n) is 8.39. The Balaban J connectivity index is 2.30. The second-order valence-electron chi connectivity index (χ2n) is 2.97. The van der Waals surface area contributed by atoms with Crippen molar-refractivity contribution in [1.29, 1.82) is 5.26 Å². The first kappa shape index (κ1) is 11.6. The van der Waals surface area contributed by atoms with E-state index in [2.05, 4.69) is 5.32 Å². The molecule has 1 aromatic rings. The second-order valence-corrected chi connectivity index (χ2v) is 6.13. The summed E-state index contributed by atoms with van der Waals surface area (Å²) < 4.78 is 0.796. The summed E-state index contributed by atoms with van der Waals surface area (Å²) in [5.41, 5.74) is 0.227. The Bertz CT molecular complexity index is 473. The zero-order chi connectivity index (χ0) is 11.5. The van der Waals surface area contributed by atoms with Crippen LogP contribution in [-0.2, 0) is 4.79 Å². The van der Waals surface area contributed by atoms with E-state index in [-0.39, 0.29) is 16.9 Å². The average molecular weight is 268 g/mol. The predicted molar refractivity (Wildman–Crippen MR) is 68.9 cm³/mol. The molecular formula is C10H8N2OS3. The van der Waals surface area contributed by atoms with Crippen LogP contribution in [0.15, 0.2) is 27.3 Å². The van der Waals surface area contributed by atoms with Crippen molar-refractivity contribution in [3.63, 3.8) is 0 Å². The molecule has 0 spiro atoms. The molecule has 0 bridgehead atoms. The summed E-state index contributed by atoms with van der Waals surface area (Å²) in [6.45, 7) is 0. The largest absolute Gasteiger partial charge is 0.334 e. The van der Waals surface area contributed by atoms with Gasteiger partial charge in [-0.05, 0) is 17.7 Å². The molecule has 3 nitrogen and oxygen atoms in total. The maximum Gasteiger partial charge on any atom is 0.264 e. The van der Waals surface area contributed by atoms with Gasteiger partial charge in [-0.15, -0.1) is 23.1 Å². The Kier molecular flexibility index (Phi) is 3.59. The van der Waals surface area contributed by atoms with Crippen LogP contribution in [0.25, 0.3) is 0 Å². The number of thiophene rings is 1. The first-order valence-corrected chi connectivity index (χ1v) is 7.44. The molecule has 0 unspecified atom stereocenters. The number of carbonyl (C=O) groups excluding carboxylic acids is 1. The fourth-order valence-electron chi connectivity index (χ4n) is 1.30. The third kappa shape index (κ3) is 2.12. The quantitative estimate of drug-likeness (QED) is 0.896. The number of amides is 1. The van der Waals surface area contributed by atoms with Gasteiger partial charge in [0.2, 0.25) is 0 Å². The minimum atomic E-state index is -0.274.